The van der Waals surface area contributed by atoms with Gasteiger partial charge in [-0.15, -0.1) is 0 Å². The van der Waals surface area contributed by atoms with Crippen LogP contribution in [0.3, 0.4) is 0 Å². The van der Waals surface area contributed by atoms with Crippen LogP contribution in [-0.2, 0) is 13.0 Å². The number of piperidine rings is 1. The summed E-state index contributed by atoms with van der Waals surface area (Å²) in [5.41, 5.74) is 2.35. The number of nitrogens with zero attached hydrogens (tertiary/aromatic N) is 2. The second-order valence-corrected chi connectivity index (χ2v) is 6.76. The van der Waals surface area contributed by atoms with E-state index in [-0.39, 0.29) is 6.54 Å². The van der Waals surface area contributed by atoms with Crippen LogP contribution in [0.15, 0.2) is 59.8 Å². The molecule has 0 saturated carbocycles. The number of rotatable bonds is 8. The molecule has 4 heteroatoms. The Hall–Kier alpha value is -2.20. The van der Waals surface area contributed by atoms with Gasteiger partial charge in [-0.3, -0.25) is 4.90 Å². The van der Waals surface area contributed by atoms with Crippen LogP contribution in [0.2, 0.25) is 0 Å². The average molecular weight is 338 g/mol. The van der Waals surface area contributed by atoms with E-state index in [1.165, 1.54) is 24.8 Å². The Labute approximate surface area is 149 Å². The highest BCUT2D eigenvalue weighted by Gasteiger charge is 2.19. The molecule has 0 N–H and O–H groups in total. The van der Waals surface area contributed by atoms with Gasteiger partial charge in [0.15, 0.2) is 0 Å². The van der Waals surface area contributed by atoms with Gasteiger partial charge in [-0.2, -0.15) is 4.91 Å². The summed E-state index contributed by atoms with van der Waals surface area (Å²) in [4.78, 5) is 12.8. The molecule has 2 aromatic rings. The third-order valence-electron chi connectivity index (χ3n) is 4.90. The SMILES string of the molecule is O=NCc1cccc(OCCN2CCC(Cc3ccccc3)CC2)c1. The van der Waals surface area contributed by atoms with E-state index in [0.29, 0.717) is 6.61 Å². The zero-order valence-electron chi connectivity index (χ0n) is 14.6. The maximum atomic E-state index is 10.4. The second kappa shape index (κ2) is 9.33. The van der Waals surface area contributed by atoms with Crippen LogP contribution in [0.5, 0.6) is 5.75 Å². The first-order valence-corrected chi connectivity index (χ1v) is 9.10. The van der Waals surface area contributed by atoms with Crippen molar-refractivity contribution in [1.29, 1.82) is 0 Å². The number of ether oxygens (including phenoxy) is 1. The van der Waals surface area contributed by atoms with E-state index in [1.54, 1.807) is 0 Å². The van der Waals surface area contributed by atoms with Crippen molar-refractivity contribution < 1.29 is 4.74 Å². The molecule has 0 aromatic heterocycles. The molecule has 0 radical (unpaired) electrons. The number of benzene rings is 2. The van der Waals surface area contributed by atoms with Gasteiger partial charge in [-0.1, -0.05) is 47.6 Å². The van der Waals surface area contributed by atoms with E-state index in [9.17, 15) is 4.91 Å². The summed E-state index contributed by atoms with van der Waals surface area (Å²) in [5, 5.41) is 2.92. The Morgan fingerprint density at radius 2 is 1.76 bits per heavy atom. The van der Waals surface area contributed by atoms with Gasteiger partial charge in [0.2, 0.25) is 0 Å². The highest BCUT2D eigenvalue weighted by molar-refractivity contribution is 5.28. The minimum absolute atomic E-state index is 0.201. The predicted octanol–water partition coefficient (Wildman–Crippen LogP) is 4.29. The Balaban J connectivity index is 1.36. The predicted molar refractivity (Wildman–Crippen MR) is 101 cm³/mol. The van der Waals surface area contributed by atoms with Gasteiger partial charge in [0.25, 0.3) is 0 Å². The monoisotopic (exact) mass is 338 g/mol. The van der Waals surface area contributed by atoms with E-state index in [0.717, 1.165) is 36.9 Å². The van der Waals surface area contributed by atoms with Gasteiger partial charge in [-0.25, -0.2) is 0 Å². The zero-order valence-corrected chi connectivity index (χ0v) is 14.6. The average Bonchev–Trinajstić information content (AvgIpc) is 2.65. The fourth-order valence-electron chi connectivity index (χ4n) is 3.46. The van der Waals surface area contributed by atoms with Crippen molar-refractivity contribution in [2.75, 3.05) is 26.2 Å². The third-order valence-corrected chi connectivity index (χ3v) is 4.90. The van der Waals surface area contributed by atoms with E-state index in [2.05, 4.69) is 40.4 Å². The first kappa shape index (κ1) is 17.6. The number of nitroso groups, excluding NO2 is 1. The van der Waals surface area contributed by atoms with Crippen LogP contribution >= 0.6 is 0 Å². The lowest BCUT2D eigenvalue weighted by molar-refractivity contribution is 0.155. The fourth-order valence-corrected chi connectivity index (χ4v) is 3.46. The van der Waals surface area contributed by atoms with Gasteiger partial charge in [0.1, 0.15) is 18.9 Å². The smallest absolute Gasteiger partial charge is 0.119 e. The minimum Gasteiger partial charge on any atom is -0.492 e. The molecule has 4 nitrogen and oxygen atoms in total. The van der Waals surface area contributed by atoms with E-state index in [4.69, 9.17) is 4.74 Å². The summed E-state index contributed by atoms with van der Waals surface area (Å²) in [6.07, 6.45) is 3.72. The van der Waals surface area contributed by atoms with Crippen LogP contribution in [0.25, 0.3) is 0 Å². The molecule has 132 valence electrons. The van der Waals surface area contributed by atoms with Gasteiger partial charge < -0.3 is 4.74 Å². The van der Waals surface area contributed by atoms with Crippen LogP contribution in [0, 0.1) is 10.8 Å². The van der Waals surface area contributed by atoms with Crippen molar-refractivity contribution in [1.82, 2.24) is 4.90 Å². The van der Waals surface area contributed by atoms with Crippen LogP contribution in [-0.4, -0.2) is 31.1 Å². The Morgan fingerprint density at radius 3 is 2.52 bits per heavy atom. The van der Waals surface area contributed by atoms with Crippen LogP contribution in [0.1, 0.15) is 24.0 Å². The highest BCUT2D eigenvalue weighted by Crippen LogP contribution is 2.21. The topological polar surface area (TPSA) is 41.9 Å². The molecule has 1 aliphatic rings. The first-order chi connectivity index (χ1) is 12.3. The molecule has 0 atom stereocenters. The molecular weight excluding hydrogens is 312 g/mol. The van der Waals surface area contributed by atoms with E-state index in [1.807, 2.05) is 24.3 Å². The fraction of sp³-hybridized carbons (Fsp3) is 0.429. The zero-order chi connectivity index (χ0) is 17.3. The molecule has 0 amide bonds. The molecule has 3 rings (SSSR count). The van der Waals surface area contributed by atoms with Gasteiger partial charge >= 0.3 is 0 Å². The normalized spacial score (nSPS) is 15.8. The minimum atomic E-state index is 0.201. The summed E-state index contributed by atoms with van der Waals surface area (Å²) in [6, 6.07) is 18.4. The maximum absolute atomic E-state index is 10.4. The Bertz CT molecular complexity index is 652. The largest absolute Gasteiger partial charge is 0.492 e. The summed E-state index contributed by atoms with van der Waals surface area (Å²) in [6.45, 7) is 4.13. The summed E-state index contributed by atoms with van der Waals surface area (Å²) >= 11 is 0. The first-order valence-electron chi connectivity index (χ1n) is 9.10. The van der Waals surface area contributed by atoms with Crippen molar-refractivity contribution >= 4 is 0 Å². The summed E-state index contributed by atoms with van der Waals surface area (Å²) in [7, 11) is 0. The Morgan fingerprint density at radius 1 is 1.00 bits per heavy atom. The molecule has 1 saturated heterocycles. The summed E-state index contributed by atoms with van der Waals surface area (Å²) < 4.78 is 5.83. The molecule has 0 aliphatic carbocycles. The quantitative estimate of drug-likeness (QED) is 0.674. The molecule has 0 unspecified atom stereocenters. The van der Waals surface area contributed by atoms with E-state index >= 15 is 0 Å². The number of hydrogen-bond donors (Lipinski definition) is 0. The van der Waals surface area contributed by atoms with Crippen molar-refractivity contribution in [3.63, 3.8) is 0 Å². The molecule has 1 heterocycles. The molecule has 25 heavy (non-hydrogen) atoms. The van der Waals surface area contributed by atoms with Gasteiger partial charge in [-0.05, 0) is 61.5 Å². The van der Waals surface area contributed by atoms with Crippen molar-refractivity contribution in [3.8, 4) is 5.75 Å². The van der Waals surface area contributed by atoms with Crippen molar-refractivity contribution in [3.05, 3.63) is 70.6 Å². The van der Waals surface area contributed by atoms with Crippen LogP contribution in [0.4, 0.5) is 0 Å². The molecule has 0 bridgehead atoms. The van der Waals surface area contributed by atoms with Crippen LogP contribution < -0.4 is 4.74 Å². The van der Waals surface area contributed by atoms with E-state index < -0.39 is 0 Å². The Kier molecular flexibility index (Phi) is 6.57. The maximum Gasteiger partial charge on any atom is 0.119 e. The molecule has 2 aromatic carbocycles. The second-order valence-electron chi connectivity index (χ2n) is 6.76. The van der Waals surface area contributed by atoms with Crippen molar-refractivity contribution in [2.24, 2.45) is 11.1 Å². The lowest BCUT2D eigenvalue weighted by atomic mass is 9.90. The third kappa shape index (κ3) is 5.68. The number of hydrogen-bond acceptors (Lipinski definition) is 4. The summed E-state index contributed by atoms with van der Waals surface area (Å²) in [5.74, 6) is 1.62. The number of likely N-dealkylation sites (tertiary alicyclic amines) is 1. The lowest BCUT2D eigenvalue weighted by Crippen LogP contribution is -2.37. The molecule has 0 spiro atoms. The lowest BCUT2D eigenvalue weighted by Gasteiger charge is -2.31. The molecule has 1 aliphatic heterocycles. The van der Waals surface area contributed by atoms with Gasteiger partial charge in [0, 0.05) is 6.54 Å². The van der Waals surface area contributed by atoms with Gasteiger partial charge in [0.05, 0.1) is 0 Å². The highest BCUT2D eigenvalue weighted by atomic mass is 16.5. The standard InChI is InChI=1S/C21H26N2O2/c24-22-17-20-7-4-8-21(16-20)25-14-13-23-11-9-19(10-12-23)15-18-5-2-1-3-6-18/h1-8,16,19H,9-15,17H2. The molecular formula is C21H26N2O2. The van der Waals surface area contributed by atoms with Crippen molar-refractivity contribution in [2.45, 2.75) is 25.8 Å². The molecule has 1 fully saturated rings.